The van der Waals surface area contributed by atoms with Crippen molar-refractivity contribution in [3.05, 3.63) is 71.3 Å². The van der Waals surface area contributed by atoms with Crippen LogP contribution in [-0.2, 0) is 0 Å². The molecule has 3 atom stereocenters. The number of ether oxygens (including phenoxy) is 1. The zero-order valence-electron chi connectivity index (χ0n) is 12.7. The van der Waals surface area contributed by atoms with Crippen LogP contribution >= 0.6 is 0 Å². The van der Waals surface area contributed by atoms with Crippen molar-refractivity contribution in [3.63, 3.8) is 0 Å². The van der Waals surface area contributed by atoms with Crippen LogP contribution in [0.15, 0.2) is 48.6 Å². The lowest BCUT2D eigenvalue weighted by atomic mass is 9.77. The SMILES string of the molecule is COc1cccc([C@@H]2Nc3c(F)cc(F)cc3[C@@H]3C=CC[C@H]32)c1. The van der Waals surface area contributed by atoms with Gasteiger partial charge in [0, 0.05) is 12.0 Å². The largest absolute Gasteiger partial charge is 0.497 e. The van der Waals surface area contributed by atoms with Gasteiger partial charge in [0.05, 0.1) is 18.8 Å². The van der Waals surface area contributed by atoms with Gasteiger partial charge in [0.15, 0.2) is 0 Å². The third-order valence-corrected chi connectivity index (χ3v) is 4.84. The quantitative estimate of drug-likeness (QED) is 0.804. The number of halogens is 2. The highest BCUT2D eigenvalue weighted by atomic mass is 19.1. The summed E-state index contributed by atoms with van der Waals surface area (Å²) >= 11 is 0. The third kappa shape index (κ3) is 2.29. The Kier molecular flexibility index (Phi) is 3.33. The number of hydrogen-bond acceptors (Lipinski definition) is 2. The van der Waals surface area contributed by atoms with Crippen molar-refractivity contribution in [2.24, 2.45) is 5.92 Å². The fraction of sp³-hybridized carbons (Fsp3) is 0.263. The highest BCUT2D eigenvalue weighted by Gasteiger charge is 2.39. The van der Waals surface area contributed by atoms with Crippen molar-refractivity contribution >= 4 is 5.69 Å². The van der Waals surface area contributed by atoms with Crippen LogP contribution in [0, 0.1) is 17.6 Å². The predicted octanol–water partition coefficient (Wildman–Crippen LogP) is 4.80. The maximum Gasteiger partial charge on any atom is 0.149 e. The van der Waals surface area contributed by atoms with Gasteiger partial charge in [-0.1, -0.05) is 24.3 Å². The molecule has 4 heteroatoms. The molecule has 0 fully saturated rings. The van der Waals surface area contributed by atoms with E-state index < -0.39 is 11.6 Å². The first-order chi connectivity index (χ1) is 11.2. The van der Waals surface area contributed by atoms with Crippen molar-refractivity contribution in [2.75, 3.05) is 12.4 Å². The van der Waals surface area contributed by atoms with E-state index in [4.69, 9.17) is 4.74 Å². The summed E-state index contributed by atoms with van der Waals surface area (Å²) in [5.41, 5.74) is 2.17. The van der Waals surface area contributed by atoms with Crippen molar-refractivity contribution in [1.29, 1.82) is 0 Å². The van der Waals surface area contributed by atoms with Crippen LogP contribution in [0.25, 0.3) is 0 Å². The van der Waals surface area contributed by atoms with Crippen LogP contribution < -0.4 is 10.1 Å². The van der Waals surface area contributed by atoms with E-state index in [9.17, 15) is 8.78 Å². The van der Waals surface area contributed by atoms with Gasteiger partial charge >= 0.3 is 0 Å². The Morgan fingerprint density at radius 2 is 2.04 bits per heavy atom. The predicted molar refractivity (Wildman–Crippen MR) is 85.7 cm³/mol. The number of nitrogens with one attached hydrogen (secondary N) is 1. The minimum atomic E-state index is -0.536. The first-order valence-corrected chi connectivity index (χ1v) is 7.73. The van der Waals surface area contributed by atoms with Gasteiger partial charge in [-0.15, -0.1) is 0 Å². The second kappa shape index (κ2) is 5.37. The molecule has 1 N–H and O–H groups in total. The molecule has 1 aliphatic carbocycles. The molecule has 0 bridgehead atoms. The summed E-state index contributed by atoms with van der Waals surface area (Å²) in [6.07, 6.45) is 5.05. The first kappa shape index (κ1) is 14.2. The Morgan fingerprint density at radius 1 is 1.17 bits per heavy atom. The Labute approximate surface area is 133 Å². The molecule has 2 aromatic carbocycles. The number of hydrogen-bond donors (Lipinski definition) is 1. The molecule has 0 radical (unpaired) electrons. The summed E-state index contributed by atoms with van der Waals surface area (Å²) in [4.78, 5) is 0. The molecule has 0 saturated heterocycles. The number of anilines is 1. The van der Waals surface area contributed by atoms with Gasteiger partial charge in [-0.05, 0) is 41.7 Å². The molecule has 4 rings (SSSR count). The monoisotopic (exact) mass is 313 g/mol. The summed E-state index contributed by atoms with van der Waals surface area (Å²) in [6, 6.07) is 10.2. The normalized spacial score (nSPS) is 24.7. The third-order valence-electron chi connectivity index (χ3n) is 4.84. The van der Waals surface area contributed by atoms with Gasteiger partial charge in [0.1, 0.15) is 17.4 Å². The van der Waals surface area contributed by atoms with E-state index in [0.717, 1.165) is 23.8 Å². The van der Waals surface area contributed by atoms with E-state index in [1.807, 2.05) is 24.3 Å². The van der Waals surface area contributed by atoms with E-state index in [0.29, 0.717) is 11.3 Å². The van der Waals surface area contributed by atoms with Crippen molar-refractivity contribution < 1.29 is 13.5 Å². The molecule has 2 aliphatic rings. The van der Waals surface area contributed by atoms with Gasteiger partial charge in [0.2, 0.25) is 0 Å². The lowest BCUT2D eigenvalue weighted by Gasteiger charge is -2.37. The average Bonchev–Trinajstić information content (AvgIpc) is 3.04. The molecule has 0 amide bonds. The van der Waals surface area contributed by atoms with Crippen molar-refractivity contribution in [1.82, 2.24) is 0 Å². The van der Waals surface area contributed by atoms with E-state index in [1.54, 1.807) is 7.11 Å². The second-order valence-corrected chi connectivity index (χ2v) is 6.10. The Balaban J connectivity index is 1.81. The van der Waals surface area contributed by atoms with E-state index >= 15 is 0 Å². The van der Waals surface area contributed by atoms with Crippen molar-refractivity contribution in [3.8, 4) is 5.75 Å². The number of rotatable bonds is 2. The van der Waals surface area contributed by atoms with E-state index in [1.165, 1.54) is 6.07 Å². The van der Waals surface area contributed by atoms with Gasteiger partial charge in [-0.25, -0.2) is 8.78 Å². The molecule has 118 valence electrons. The fourth-order valence-electron chi connectivity index (χ4n) is 3.79. The standard InChI is InChI=1S/C19H17F2NO/c1-23-13-5-2-4-11(8-13)18-15-7-3-6-14(15)16-9-12(20)10-17(21)19(16)22-18/h2-6,8-10,14-15,18,22H,7H2,1H3/t14-,15-,18+/m1/s1. The Hall–Kier alpha value is -2.36. The van der Waals surface area contributed by atoms with E-state index in [-0.39, 0.29) is 17.9 Å². The number of methoxy groups -OCH3 is 1. The maximum absolute atomic E-state index is 14.3. The summed E-state index contributed by atoms with van der Waals surface area (Å²) in [6.45, 7) is 0. The van der Waals surface area contributed by atoms with Gasteiger partial charge < -0.3 is 10.1 Å². The maximum atomic E-state index is 14.3. The molecule has 0 aromatic heterocycles. The lowest BCUT2D eigenvalue weighted by molar-refractivity contribution is 0.404. The molecular formula is C19H17F2NO. The topological polar surface area (TPSA) is 21.3 Å². The minimum absolute atomic E-state index is 0.0300. The summed E-state index contributed by atoms with van der Waals surface area (Å²) in [5.74, 6) is -0.00536. The molecule has 0 spiro atoms. The van der Waals surface area contributed by atoms with Crippen LogP contribution in [0.3, 0.4) is 0 Å². The van der Waals surface area contributed by atoms with Gasteiger partial charge in [0.25, 0.3) is 0 Å². The Bertz CT molecular complexity index is 787. The summed E-state index contributed by atoms with van der Waals surface area (Å²) < 4.78 is 33.2. The highest BCUT2D eigenvalue weighted by molar-refractivity contribution is 5.61. The number of fused-ring (bicyclic) bond motifs is 3. The second-order valence-electron chi connectivity index (χ2n) is 6.10. The molecule has 1 aliphatic heterocycles. The first-order valence-electron chi connectivity index (χ1n) is 7.73. The Morgan fingerprint density at radius 3 is 2.87 bits per heavy atom. The molecule has 2 nitrogen and oxygen atoms in total. The lowest BCUT2D eigenvalue weighted by Crippen LogP contribution is -2.29. The van der Waals surface area contributed by atoms with Gasteiger partial charge in [-0.2, -0.15) is 0 Å². The zero-order chi connectivity index (χ0) is 16.0. The van der Waals surface area contributed by atoms with Crippen LogP contribution in [-0.4, -0.2) is 7.11 Å². The molecular weight excluding hydrogens is 296 g/mol. The van der Waals surface area contributed by atoms with Crippen LogP contribution in [0.5, 0.6) is 5.75 Å². The molecule has 23 heavy (non-hydrogen) atoms. The van der Waals surface area contributed by atoms with Crippen LogP contribution in [0.2, 0.25) is 0 Å². The number of allylic oxidation sites excluding steroid dienone is 2. The minimum Gasteiger partial charge on any atom is -0.497 e. The summed E-state index contributed by atoms with van der Waals surface area (Å²) in [5, 5.41) is 3.29. The summed E-state index contributed by atoms with van der Waals surface area (Å²) in [7, 11) is 1.63. The van der Waals surface area contributed by atoms with Crippen molar-refractivity contribution in [2.45, 2.75) is 18.4 Å². The molecule has 0 saturated carbocycles. The van der Waals surface area contributed by atoms with Gasteiger partial charge in [-0.3, -0.25) is 0 Å². The molecule has 1 heterocycles. The van der Waals surface area contributed by atoms with Crippen LogP contribution in [0.1, 0.15) is 29.5 Å². The van der Waals surface area contributed by atoms with Crippen LogP contribution in [0.4, 0.5) is 14.5 Å². The zero-order valence-corrected chi connectivity index (χ0v) is 12.7. The fourth-order valence-corrected chi connectivity index (χ4v) is 3.79. The highest BCUT2D eigenvalue weighted by Crippen LogP contribution is 2.50. The molecule has 2 aromatic rings. The number of benzene rings is 2. The van der Waals surface area contributed by atoms with E-state index in [2.05, 4.69) is 17.5 Å². The smallest absolute Gasteiger partial charge is 0.149 e. The molecule has 0 unspecified atom stereocenters. The average molecular weight is 313 g/mol.